The lowest BCUT2D eigenvalue weighted by Gasteiger charge is -2.27. The quantitative estimate of drug-likeness (QED) is 0.767. The fraction of sp³-hybridized carbons (Fsp3) is 0.538. The van der Waals surface area contributed by atoms with Gasteiger partial charge in [0.25, 0.3) is 0 Å². The van der Waals surface area contributed by atoms with Crippen LogP contribution in [0.2, 0.25) is 0 Å². The molecule has 1 aromatic rings. The summed E-state index contributed by atoms with van der Waals surface area (Å²) in [5.41, 5.74) is 1.07. The van der Waals surface area contributed by atoms with Crippen molar-refractivity contribution < 1.29 is 8.42 Å². The van der Waals surface area contributed by atoms with Gasteiger partial charge in [-0.05, 0) is 38.4 Å². The van der Waals surface area contributed by atoms with E-state index in [1.165, 1.54) is 10.6 Å². The van der Waals surface area contributed by atoms with Crippen LogP contribution in [0.5, 0.6) is 0 Å². The van der Waals surface area contributed by atoms with E-state index in [0.29, 0.717) is 17.5 Å². The van der Waals surface area contributed by atoms with Crippen molar-refractivity contribution in [2.75, 3.05) is 13.1 Å². The maximum atomic E-state index is 12.6. The normalized spacial score (nSPS) is 25.0. The second-order valence-corrected chi connectivity index (χ2v) is 7.28. The smallest absolute Gasteiger partial charge is 0.327 e. The number of benzene rings is 1. The Hall–Kier alpha value is -0.845. The Kier molecular flexibility index (Phi) is 3.41. The molecule has 1 radical (unpaired) electrons. The van der Waals surface area contributed by atoms with Crippen molar-refractivity contribution in [2.45, 2.75) is 37.1 Å². The molecule has 2 fully saturated rings. The van der Waals surface area contributed by atoms with Crippen LogP contribution in [0.3, 0.4) is 0 Å². The molecule has 4 nitrogen and oxygen atoms in total. The number of nitrogens with zero attached hydrogens (tertiary/aromatic N) is 2. The number of sulfonamides is 1. The molecule has 2 aliphatic rings. The molecule has 0 aliphatic carbocycles. The minimum absolute atomic E-state index is 0.369. The summed E-state index contributed by atoms with van der Waals surface area (Å²) < 4.78 is 26.6. The van der Waals surface area contributed by atoms with Gasteiger partial charge in [0, 0.05) is 12.6 Å². The molecule has 0 spiro atoms. The zero-order valence-corrected chi connectivity index (χ0v) is 11.9. The second-order valence-electron chi connectivity index (χ2n) is 5.39. The molecule has 19 heavy (non-hydrogen) atoms. The minimum atomic E-state index is -3.38. The van der Waals surface area contributed by atoms with Crippen LogP contribution in [0.1, 0.15) is 24.8 Å². The first-order valence-corrected chi connectivity index (χ1v) is 8.21. The standard InChI is InChI=1S/C13H18BN2O2S/c1-11-5-7-13(8-6-11)19(17,18)16-10-12-4-2-3-9-15(12)14-16/h5-8,12H,2-4,9-10H2,1H3/t12-/m0/s1. The van der Waals surface area contributed by atoms with Gasteiger partial charge in [-0.3, -0.25) is 0 Å². The van der Waals surface area contributed by atoms with Crippen molar-refractivity contribution in [1.82, 2.24) is 9.03 Å². The van der Waals surface area contributed by atoms with E-state index >= 15 is 0 Å². The predicted molar refractivity (Wildman–Crippen MR) is 75.2 cm³/mol. The van der Waals surface area contributed by atoms with E-state index < -0.39 is 10.0 Å². The van der Waals surface area contributed by atoms with Crippen molar-refractivity contribution in [3.8, 4) is 0 Å². The highest BCUT2D eigenvalue weighted by molar-refractivity contribution is 7.90. The Balaban J connectivity index is 1.83. The Labute approximate surface area is 115 Å². The average molecular weight is 277 g/mol. The summed E-state index contributed by atoms with van der Waals surface area (Å²) in [6.07, 6.45) is 3.45. The van der Waals surface area contributed by atoms with Gasteiger partial charge in [-0.15, -0.1) is 0 Å². The first-order chi connectivity index (χ1) is 9.07. The molecular formula is C13H18BN2O2S. The van der Waals surface area contributed by atoms with Crippen molar-refractivity contribution in [1.29, 1.82) is 0 Å². The van der Waals surface area contributed by atoms with Crippen LogP contribution in [-0.4, -0.2) is 44.1 Å². The Morgan fingerprint density at radius 1 is 1.21 bits per heavy atom. The molecule has 0 N–H and O–H groups in total. The molecule has 1 aromatic carbocycles. The Morgan fingerprint density at radius 3 is 2.63 bits per heavy atom. The zero-order chi connectivity index (χ0) is 13.5. The maximum Gasteiger partial charge on any atom is 0.330 e. The van der Waals surface area contributed by atoms with Crippen LogP contribution in [-0.2, 0) is 10.0 Å². The van der Waals surface area contributed by atoms with Crippen molar-refractivity contribution in [3.05, 3.63) is 29.8 Å². The van der Waals surface area contributed by atoms with Crippen molar-refractivity contribution in [3.63, 3.8) is 0 Å². The SMILES string of the molecule is Cc1ccc(S(=O)(=O)N2[B]N3CCCC[C@H]3C2)cc1. The molecule has 0 bridgehead atoms. The first-order valence-electron chi connectivity index (χ1n) is 6.76. The van der Waals surface area contributed by atoms with Crippen LogP contribution in [0.25, 0.3) is 0 Å². The molecule has 6 heteroatoms. The number of rotatable bonds is 2. The molecule has 101 valence electrons. The van der Waals surface area contributed by atoms with E-state index in [-0.39, 0.29) is 0 Å². The van der Waals surface area contributed by atoms with Gasteiger partial charge in [-0.25, -0.2) is 12.6 Å². The van der Waals surface area contributed by atoms with E-state index in [1.54, 1.807) is 19.7 Å². The molecule has 3 rings (SSSR count). The molecule has 2 saturated heterocycles. The van der Waals surface area contributed by atoms with E-state index in [9.17, 15) is 8.42 Å². The fourth-order valence-electron chi connectivity index (χ4n) is 2.80. The third-order valence-electron chi connectivity index (χ3n) is 3.97. The lowest BCUT2D eigenvalue weighted by Crippen LogP contribution is -2.38. The van der Waals surface area contributed by atoms with Crippen LogP contribution >= 0.6 is 0 Å². The summed E-state index contributed by atoms with van der Waals surface area (Å²) in [4.78, 5) is 2.56. The monoisotopic (exact) mass is 277 g/mol. The highest BCUT2D eigenvalue weighted by Crippen LogP contribution is 2.26. The van der Waals surface area contributed by atoms with Gasteiger partial charge < -0.3 is 4.81 Å². The molecule has 2 heterocycles. The largest absolute Gasteiger partial charge is 0.330 e. The van der Waals surface area contributed by atoms with Crippen molar-refractivity contribution >= 4 is 17.6 Å². The van der Waals surface area contributed by atoms with E-state index in [1.807, 2.05) is 19.1 Å². The summed E-state index contributed by atoms with van der Waals surface area (Å²) >= 11 is 0. The summed E-state index contributed by atoms with van der Waals surface area (Å²) in [7, 11) is -1.59. The predicted octanol–water partition coefficient (Wildman–Crippen LogP) is 1.39. The van der Waals surface area contributed by atoms with Crippen LogP contribution in [0.15, 0.2) is 29.2 Å². The lowest BCUT2D eigenvalue weighted by atomic mass is 10.00. The number of fused-ring (bicyclic) bond motifs is 1. The molecular weight excluding hydrogens is 259 g/mol. The third-order valence-corrected chi connectivity index (χ3v) is 5.70. The average Bonchev–Trinajstić information content (AvgIpc) is 2.83. The minimum Gasteiger partial charge on any atom is -0.327 e. The van der Waals surface area contributed by atoms with Gasteiger partial charge in [0.05, 0.1) is 4.90 Å². The molecule has 0 unspecified atom stereocenters. The summed E-state index contributed by atoms with van der Waals surface area (Å²) in [5, 5.41) is 0. The third kappa shape index (κ3) is 2.44. The van der Waals surface area contributed by atoms with Gasteiger partial charge in [0.15, 0.2) is 0 Å². The van der Waals surface area contributed by atoms with E-state index in [2.05, 4.69) is 4.81 Å². The molecule has 1 atom stereocenters. The van der Waals surface area contributed by atoms with E-state index in [0.717, 1.165) is 24.9 Å². The Bertz CT molecular complexity index is 545. The topological polar surface area (TPSA) is 40.6 Å². The number of hydrogen-bond donors (Lipinski definition) is 0. The van der Waals surface area contributed by atoms with Crippen LogP contribution in [0.4, 0.5) is 0 Å². The molecule has 0 aromatic heterocycles. The van der Waals surface area contributed by atoms with Crippen LogP contribution < -0.4 is 0 Å². The van der Waals surface area contributed by atoms with Gasteiger partial charge in [0.1, 0.15) is 0 Å². The second kappa shape index (κ2) is 4.92. The number of aryl methyl sites for hydroxylation is 1. The first kappa shape index (κ1) is 13.2. The van der Waals surface area contributed by atoms with Gasteiger partial charge in [-0.2, -0.15) is 0 Å². The summed E-state index contributed by atoms with van der Waals surface area (Å²) in [6.45, 7) is 3.53. The van der Waals surface area contributed by atoms with Gasteiger partial charge >= 0.3 is 7.55 Å². The summed E-state index contributed by atoms with van der Waals surface area (Å²) in [5.74, 6) is 0. The summed E-state index contributed by atoms with van der Waals surface area (Å²) in [6, 6.07) is 7.44. The highest BCUT2D eigenvalue weighted by Gasteiger charge is 2.39. The van der Waals surface area contributed by atoms with E-state index in [4.69, 9.17) is 0 Å². The number of piperidine rings is 1. The molecule has 0 saturated carbocycles. The Morgan fingerprint density at radius 2 is 1.95 bits per heavy atom. The van der Waals surface area contributed by atoms with Gasteiger partial charge in [-0.1, -0.05) is 24.1 Å². The highest BCUT2D eigenvalue weighted by atomic mass is 32.2. The molecule has 2 aliphatic heterocycles. The van der Waals surface area contributed by atoms with Crippen LogP contribution in [0, 0.1) is 6.92 Å². The maximum absolute atomic E-state index is 12.6. The van der Waals surface area contributed by atoms with Gasteiger partial charge in [0.2, 0.25) is 10.0 Å². The van der Waals surface area contributed by atoms with Crippen molar-refractivity contribution in [2.24, 2.45) is 0 Å². The lowest BCUT2D eigenvalue weighted by molar-refractivity contribution is 0.281. The number of hydrogen-bond acceptors (Lipinski definition) is 3. The molecule has 0 amide bonds. The zero-order valence-electron chi connectivity index (χ0n) is 11.1. The fourth-order valence-corrected chi connectivity index (χ4v) is 4.16.